The molecule has 1 heterocycles. The maximum Gasteiger partial charge on any atom is 0.260 e. The van der Waals surface area contributed by atoms with Crippen molar-refractivity contribution in [1.29, 1.82) is 0 Å². The Labute approximate surface area is 178 Å². The van der Waals surface area contributed by atoms with Crippen molar-refractivity contribution < 1.29 is 18.7 Å². The predicted molar refractivity (Wildman–Crippen MR) is 115 cm³/mol. The number of piperazine rings is 1. The van der Waals surface area contributed by atoms with Gasteiger partial charge in [0.25, 0.3) is 5.91 Å². The van der Waals surface area contributed by atoms with Crippen LogP contribution in [0.5, 0.6) is 11.5 Å². The summed E-state index contributed by atoms with van der Waals surface area (Å²) in [7, 11) is 1.60. The summed E-state index contributed by atoms with van der Waals surface area (Å²) < 4.78 is 24.3. The van der Waals surface area contributed by atoms with E-state index in [-0.39, 0.29) is 30.4 Å². The SMILES string of the molecule is CCc1ccc(OCC(=O)N2C[C@@H](C)N(Cc3ccc(F)cc3)C[C@@H]2C)c(OC)c1. The van der Waals surface area contributed by atoms with Gasteiger partial charge in [-0.2, -0.15) is 0 Å². The van der Waals surface area contributed by atoms with Gasteiger partial charge in [-0.15, -0.1) is 0 Å². The average molecular weight is 415 g/mol. The summed E-state index contributed by atoms with van der Waals surface area (Å²) >= 11 is 0. The Hall–Kier alpha value is -2.60. The smallest absolute Gasteiger partial charge is 0.260 e. The zero-order chi connectivity index (χ0) is 21.7. The van der Waals surface area contributed by atoms with E-state index in [1.54, 1.807) is 7.11 Å². The van der Waals surface area contributed by atoms with E-state index < -0.39 is 0 Å². The molecule has 3 rings (SSSR count). The van der Waals surface area contributed by atoms with Gasteiger partial charge in [-0.3, -0.25) is 9.69 Å². The molecule has 0 N–H and O–H groups in total. The fourth-order valence-corrected chi connectivity index (χ4v) is 3.86. The van der Waals surface area contributed by atoms with Crippen LogP contribution in [-0.2, 0) is 17.8 Å². The molecule has 1 aliphatic rings. The van der Waals surface area contributed by atoms with Crippen LogP contribution in [0.15, 0.2) is 42.5 Å². The average Bonchev–Trinajstić information content (AvgIpc) is 2.75. The summed E-state index contributed by atoms with van der Waals surface area (Å²) in [5.41, 5.74) is 2.23. The van der Waals surface area contributed by atoms with E-state index in [1.807, 2.05) is 35.2 Å². The highest BCUT2D eigenvalue weighted by Gasteiger charge is 2.32. The molecular formula is C24H31FN2O3. The van der Waals surface area contributed by atoms with E-state index in [0.29, 0.717) is 18.0 Å². The van der Waals surface area contributed by atoms with E-state index in [0.717, 1.165) is 30.6 Å². The van der Waals surface area contributed by atoms with Gasteiger partial charge in [0.05, 0.1) is 7.11 Å². The first-order chi connectivity index (χ1) is 14.4. The van der Waals surface area contributed by atoms with Crippen LogP contribution >= 0.6 is 0 Å². The van der Waals surface area contributed by atoms with Crippen LogP contribution in [-0.4, -0.2) is 54.6 Å². The third-order valence-electron chi connectivity index (χ3n) is 5.72. The molecule has 0 bridgehead atoms. The van der Waals surface area contributed by atoms with Crippen LogP contribution in [0.3, 0.4) is 0 Å². The first-order valence-corrected chi connectivity index (χ1v) is 10.5. The molecule has 1 amide bonds. The maximum absolute atomic E-state index is 13.1. The molecule has 2 aromatic carbocycles. The minimum atomic E-state index is -0.225. The Balaban J connectivity index is 1.58. The van der Waals surface area contributed by atoms with Crippen molar-refractivity contribution in [1.82, 2.24) is 9.80 Å². The van der Waals surface area contributed by atoms with Gasteiger partial charge >= 0.3 is 0 Å². The molecule has 0 aromatic heterocycles. The quantitative estimate of drug-likeness (QED) is 0.689. The lowest BCUT2D eigenvalue weighted by molar-refractivity contribution is -0.139. The summed E-state index contributed by atoms with van der Waals surface area (Å²) in [6.07, 6.45) is 0.910. The minimum Gasteiger partial charge on any atom is -0.493 e. The second-order valence-electron chi connectivity index (χ2n) is 7.93. The second kappa shape index (κ2) is 9.94. The number of amides is 1. The minimum absolute atomic E-state index is 0.0170. The molecule has 162 valence electrons. The monoisotopic (exact) mass is 414 g/mol. The standard InChI is InChI=1S/C24H31FN2O3/c1-5-19-8-11-22(23(12-19)29-4)30-16-24(28)27-14-17(2)26(13-18(27)3)15-20-6-9-21(25)10-7-20/h6-12,17-18H,5,13-16H2,1-4H3/t17-,18+/m1/s1. The third-order valence-corrected chi connectivity index (χ3v) is 5.72. The number of halogens is 1. The van der Waals surface area contributed by atoms with E-state index in [1.165, 1.54) is 12.1 Å². The second-order valence-corrected chi connectivity index (χ2v) is 7.93. The Kier molecular flexibility index (Phi) is 7.32. The summed E-state index contributed by atoms with van der Waals surface area (Å²) in [6, 6.07) is 12.7. The first-order valence-electron chi connectivity index (χ1n) is 10.5. The molecule has 5 nitrogen and oxygen atoms in total. The maximum atomic E-state index is 13.1. The summed E-state index contributed by atoms with van der Waals surface area (Å²) in [5.74, 6) is 0.973. The molecule has 0 saturated carbocycles. The number of aryl methyl sites for hydroxylation is 1. The van der Waals surface area contributed by atoms with Crippen molar-refractivity contribution in [3.8, 4) is 11.5 Å². The number of hydrogen-bond acceptors (Lipinski definition) is 4. The first kappa shape index (κ1) is 22.1. The largest absolute Gasteiger partial charge is 0.493 e. The lowest BCUT2D eigenvalue weighted by Gasteiger charge is -2.44. The molecule has 2 atom stereocenters. The van der Waals surface area contributed by atoms with Crippen molar-refractivity contribution in [2.24, 2.45) is 0 Å². The Morgan fingerprint density at radius 3 is 2.40 bits per heavy atom. The number of benzene rings is 2. The number of methoxy groups -OCH3 is 1. The van der Waals surface area contributed by atoms with Crippen LogP contribution in [0.1, 0.15) is 31.9 Å². The van der Waals surface area contributed by atoms with Gasteiger partial charge in [-0.05, 0) is 55.7 Å². The van der Waals surface area contributed by atoms with Gasteiger partial charge in [0.15, 0.2) is 18.1 Å². The number of carbonyl (C=O) groups is 1. The number of rotatable bonds is 7. The number of nitrogens with zero attached hydrogens (tertiary/aromatic N) is 2. The number of hydrogen-bond donors (Lipinski definition) is 0. The highest BCUT2D eigenvalue weighted by Crippen LogP contribution is 2.28. The normalized spacial score (nSPS) is 19.6. The molecule has 1 aliphatic heterocycles. The molecule has 6 heteroatoms. The molecule has 2 aromatic rings. The lowest BCUT2D eigenvalue weighted by Crippen LogP contribution is -2.58. The fraction of sp³-hybridized carbons (Fsp3) is 0.458. The van der Waals surface area contributed by atoms with Crippen LogP contribution in [0.25, 0.3) is 0 Å². The third kappa shape index (κ3) is 5.30. The highest BCUT2D eigenvalue weighted by molar-refractivity contribution is 5.78. The lowest BCUT2D eigenvalue weighted by atomic mass is 10.1. The van der Waals surface area contributed by atoms with Gasteiger partial charge in [0.2, 0.25) is 0 Å². The van der Waals surface area contributed by atoms with E-state index in [2.05, 4.69) is 25.7 Å². The van der Waals surface area contributed by atoms with Crippen LogP contribution in [0.4, 0.5) is 4.39 Å². The Morgan fingerprint density at radius 2 is 1.73 bits per heavy atom. The summed E-state index contributed by atoms with van der Waals surface area (Å²) in [5, 5.41) is 0. The van der Waals surface area contributed by atoms with Gasteiger partial charge in [-0.25, -0.2) is 4.39 Å². The zero-order valence-corrected chi connectivity index (χ0v) is 18.2. The van der Waals surface area contributed by atoms with Gasteiger partial charge in [0.1, 0.15) is 5.82 Å². The van der Waals surface area contributed by atoms with Crippen LogP contribution in [0, 0.1) is 5.82 Å². The van der Waals surface area contributed by atoms with E-state index in [9.17, 15) is 9.18 Å². The van der Waals surface area contributed by atoms with Crippen LogP contribution < -0.4 is 9.47 Å². The van der Waals surface area contributed by atoms with Crippen molar-refractivity contribution in [3.63, 3.8) is 0 Å². The molecule has 30 heavy (non-hydrogen) atoms. The van der Waals surface area contributed by atoms with Gasteiger partial charge in [-0.1, -0.05) is 25.1 Å². The molecule has 1 fully saturated rings. The molecule has 0 radical (unpaired) electrons. The predicted octanol–water partition coefficient (Wildman–Crippen LogP) is 3.90. The molecule has 0 aliphatic carbocycles. The van der Waals surface area contributed by atoms with Crippen LogP contribution in [0.2, 0.25) is 0 Å². The Bertz CT molecular complexity index is 856. The fourth-order valence-electron chi connectivity index (χ4n) is 3.86. The zero-order valence-electron chi connectivity index (χ0n) is 18.2. The van der Waals surface area contributed by atoms with E-state index >= 15 is 0 Å². The van der Waals surface area contributed by atoms with Crippen molar-refractivity contribution in [2.45, 2.75) is 45.8 Å². The molecule has 0 spiro atoms. The van der Waals surface area contributed by atoms with Gasteiger partial charge in [0, 0.05) is 31.7 Å². The highest BCUT2D eigenvalue weighted by atomic mass is 19.1. The molecular weight excluding hydrogens is 383 g/mol. The van der Waals surface area contributed by atoms with Gasteiger partial charge < -0.3 is 14.4 Å². The topological polar surface area (TPSA) is 42.0 Å². The summed E-state index contributed by atoms with van der Waals surface area (Å²) in [4.78, 5) is 17.1. The summed E-state index contributed by atoms with van der Waals surface area (Å²) in [6.45, 7) is 8.37. The van der Waals surface area contributed by atoms with Crippen molar-refractivity contribution in [3.05, 3.63) is 59.4 Å². The molecule has 0 unspecified atom stereocenters. The van der Waals surface area contributed by atoms with E-state index in [4.69, 9.17) is 9.47 Å². The van der Waals surface area contributed by atoms with Crippen molar-refractivity contribution in [2.75, 3.05) is 26.8 Å². The number of ether oxygens (including phenoxy) is 2. The van der Waals surface area contributed by atoms with Crippen molar-refractivity contribution >= 4 is 5.91 Å². The Morgan fingerprint density at radius 1 is 1.03 bits per heavy atom. The molecule has 1 saturated heterocycles. The number of carbonyl (C=O) groups excluding carboxylic acids is 1.